The molecule has 0 unspecified atom stereocenters. The number of carbonyl (C=O) groups is 1. The van der Waals surface area contributed by atoms with Crippen molar-refractivity contribution in [2.24, 2.45) is 5.92 Å². The molecule has 1 amide bonds. The van der Waals surface area contributed by atoms with E-state index in [4.69, 9.17) is 4.74 Å². The summed E-state index contributed by atoms with van der Waals surface area (Å²) in [5.41, 5.74) is 1.87. The summed E-state index contributed by atoms with van der Waals surface area (Å²) >= 11 is 0. The fraction of sp³-hybridized carbons (Fsp3) is 0.450. The van der Waals surface area contributed by atoms with E-state index in [1.165, 1.54) is 18.4 Å². The molecule has 1 aliphatic carbocycles. The van der Waals surface area contributed by atoms with Crippen LogP contribution in [-0.4, -0.2) is 58.5 Å². The summed E-state index contributed by atoms with van der Waals surface area (Å²) in [6.45, 7) is 4.80. The second kappa shape index (κ2) is 7.83. The fourth-order valence-electron chi connectivity index (χ4n) is 3.15. The minimum absolute atomic E-state index is 0.0599. The van der Waals surface area contributed by atoms with Crippen molar-refractivity contribution >= 4 is 5.91 Å². The number of hydrogen-bond donors (Lipinski definition) is 0. The first-order valence-corrected chi connectivity index (χ1v) is 9.27. The van der Waals surface area contributed by atoms with Crippen molar-refractivity contribution in [3.8, 4) is 5.88 Å². The Morgan fingerprint density at radius 3 is 2.73 bits per heavy atom. The molecule has 0 spiro atoms. The Hall–Kier alpha value is -2.47. The van der Waals surface area contributed by atoms with Gasteiger partial charge in [-0.25, -0.2) is 4.98 Å². The number of amides is 1. The van der Waals surface area contributed by atoms with Crippen molar-refractivity contribution in [2.75, 3.05) is 32.8 Å². The normalized spacial score (nSPS) is 17.9. The van der Waals surface area contributed by atoms with Crippen LogP contribution in [0.5, 0.6) is 5.88 Å². The van der Waals surface area contributed by atoms with Crippen LogP contribution in [0.15, 0.2) is 42.9 Å². The van der Waals surface area contributed by atoms with Gasteiger partial charge in [-0.1, -0.05) is 6.07 Å². The van der Waals surface area contributed by atoms with E-state index in [9.17, 15) is 4.79 Å². The Morgan fingerprint density at radius 1 is 1.15 bits per heavy atom. The Labute approximate surface area is 153 Å². The van der Waals surface area contributed by atoms with E-state index >= 15 is 0 Å². The summed E-state index contributed by atoms with van der Waals surface area (Å²) in [5.74, 6) is 1.28. The van der Waals surface area contributed by atoms with Gasteiger partial charge in [-0.2, -0.15) is 0 Å². The van der Waals surface area contributed by atoms with Crippen LogP contribution in [0.1, 0.15) is 28.8 Å². The predicted molar refractivity (Wildman–Crippen MR) is 97.9 cm³/mol. The van der Waals surface area contributed by atoms with Gasteiger partial charge in [-0.05, 0) is 36.5 Å². The van der Waals surface area contributed by atoms with Crippen LogP contribution in [0, 0.1) is 5.92 Å². The summed E-state index contributed by atoms with van der Waals surface area (Å²) in [7, 11) is 0. The first-order chi connectivity index (χ1) is 12.8. The molecule has 1 aliphatic heterocycles. The van der Waals surface area contributed by atoms with Gasteiger partial charge >= 0.3 is 0 Å². The number of pyridine rings is 2. The molecule has 3 heterocycles. The van der Waals surface area contributed by atoms with Gasteiger partial charge in [-0.15, -0.1) is 0 Å². The monoisotopic (exact) mass is 352 g/mol. The highest BCUT2D eigenvalue weighted by Gasteiger charge is 2.24. The van der Waals surface area contributed by atoms with Crippen LogP contribution in [0.3, 0.4) is 0 Å². The number of nitrogens with zero attached hydrogens (tertiary/aromatic N) is 4. The molecule has 136 valence electrons. The van der Waals surface area contributed by atoms with Gasteiger partial charge in [-0.3, -0.25) is 14.7 Å². The topological polar surface area (TPSA) is 58.6 Å². The Morgan fingerprint density at radius 2 is 2.00 bits per heavy atom. The second-order valence-corrected chi connectivity index (χ2v) is 7.07. The minimum atomic E-state index is 0.0599. The van der Waals surface area contributed by atoms with Crippen LogP contribution in [0.25, 0.3) is 0 Å². The molecule has 1 saturated carbocycles. The van der Waals surface area contributed by atoms with Crippen LogP contribution in [-0.2, 0) is 6.54 Å². The molecule has 0 N–H and O–H groups in total. The van der Waals surface area contributed by atoms with Crippen molar-refractivity contribution < 1.29 is 9.53 Å². The third kappa shape index (κ3) is 4.38. The number of carbonyl (C=O) groups excluding carboxylic acids is 1. The lowest BCUT2D eigenvalue weighted by molar-refractivity contribution is 0.0627. The van der Waals surface area contributed by atoms with E-state index in [-0.39, 0.29) is 5.91 Å². The maximum atomic E-state index is 12.8. The van der Waals surface area contributed by atoms with Gasteiger partial charge in [0.2, 0.25) is 5.88 Å². The molecule has 6 heteroatoms. The lowest BCUT2D eigenvalue weighted by Gasteiger charge is -2.34. The molecule has 2 aliphatic rings. The summed E-state index contributed by atoms with van der Waals surface area (Å²) in [6.07, 6.45) is 7.83. The SMILES string of the molecule is O=C(c1ccnc(OCC2CC2)c1)N1CCN(Cc2cccnc2)CC1. The lowest BCUT2D eigenvalue weighted by Crippen LogP contribution is -2.48. The first kappa shape index (κ1) is 17.0. The first-order valence-electron chi connectivity index (χ1n) is 9.27. The number of aromatic nitrogens is 2. The van der Waals surface area contributed by atoms with Crippen LogP contribution in [0.2, 0.25) is 0 Å². The number of rotatable bonds is 6. The average Bonchev–Trinajstić information content (AvgIpc) is 3.52. The third-order valence-electron chi connectivity index (χ3n) is 4.93. The van der Waals surface area contributed by atoms with Gasteiger partial charge in [0.05, 0.1) is 6.61 Å². The van der Waals surface area contributed by atoms with E-state index in [1.54, 1.807) is 24.5 Å². The van der Waals surface area contributed by atoms with E-state index in [0.29, 0.717) is 24.0 Å². The molecule has 0 atom stereocenters. The van der Waals surface area contributed by atoms with Gasteiger partial charge in [0.1, 0.15) is 0 Å². The molecule has 2 fully saturated rings. The molecule has 1 saturated heterocycles. The van der Waals surface area contributed by atoms with E-state index in [2.05, 4.69) is 20.9 Å². The third-order valence-corrected chi connectivity index (χ3v) is 4.93. The van der Waals surface area contributed by atoms with Gasteiger partial charge < -0.3 is 9.64 Å². The maximum absolute atomic E-state index is 12.8. The number of hydrogen-bond acceptors (Lipinski definition) is 5. The molecular weight excluding hydrogens is 328 g/mol. The van der Waals surface area contributed by atoms with Gasteiger partial charge in [0.25, 0.3) is 5.91 Å². The van der Waals surface area contributed by atoms with E-state index < -0.39 is 0 Å². The molecule has 2 aromatic rings. The highest BCUT2D eigenvalue weighted by Crippen LogP contribution is 2.29. The highest BCUT2D eigenvalue weighted by atomic mass is 16.5. The summed E-state index contributed by atoms with van der Waals surface area (Å²) < 4.78 is 5.70. The Balaban J connectivity index is 1.31. The maximum Gasteiger partial charge on any atom is 0.254 e. The van der Waals surface area contributed by atoms with Crippen molar-refractivity contribution in [1.29, 1.82) is 0 Å². The van der Waals surface area contributed by atoms with Crippen LogP contribution >= 0.6 is 0 Å². The van der Waals surface area contributed by atoms with Crippen LogP contribution < -0.4 is 4.74 Å². The van der Waals surface area contributed by atoms with Crippen molar-refractivity contribution in [3.63, 3.8) is 0 Å². The zero-order valence-electron chi connectivity index (χ0n) is 14.9. The van der Waals surface area contributed by atoms with E-state index in [0.717, 1.165) is 32.7 Å². The zero-order valence-corrected chi connectivity index (χ0v) is 14.9. The van der Waals surface area contributed by atoms with Gasteiger partial charge in [0, 0.05) is 62.9 Å². The average molecular weight is 352 g/mol. The predicted octanol–water partition coefficient (Wildman–Crippen LogP) is 2.22. The molecule has 26 heavy (non-hydrogen) atoms. The molecule has 4 rings (SSSR count). The number of piperazine rings is 1. The molecule has 6 nitrogen and oxygen atoms in total. The standard InChI is InChI=1S/C20H24N4O2/c25-20(18-5-7-22-19(12-18)26-15-16-3-4-16)24-10-8-23(9-11-24)14-17-2-1-6-21-13-17/h1-2,5-7,12-13,16H,3-4,8-11,14-15H2. The van der Waals surface area contributed by atoms with E-state index in [1.807, 2.05) is 17.2 Å². The molecule has 0 bridgehead atoms. The van der Waals surface area contributed by atoms with Gasteiger partial charge in [0.15, 0.2) is 0 Å². The fourth-order valence-corrected chi connectivity index (χ4v) is 3.15. The summed E-state index contributed by atoms with van der Waals surface area (Å²) in [4.78, 5) is 25.4. The summed E-state index contributed by atoms with van der Waals surface area (Å²) in [5, 5.41) is 0. The highest BCUT2D eigenvalue weighted by molar-refractivity contribution is 5.94. The van der Waals surface area contributed by atoms with Crippen LogP contribution in [0.4, 0.5) is 0 Å². The zero-order chi connectivity index (χ0) is 17.8. The molecule has 0 aromatic carbocycles. The molecular formula is C20H24N4O2. The Kier molecular flexibility index (Phi) is 5.11. The quantitative estimate of drug-likeness (QED) is 0.798. The van der Waals surface area contributed by atoms with Crippen molar-refractivity contribution in [2.45, 2.75) is 19.4 Å². The second-order valence-electron chi connectivity index (χ2n) is 7.07. The Bertz CT molecular complexity index is 740. The largest absolute Gasteiger partial charge is 0.477 e. The van der Waals surface area contributed by atoms with Crippen molar-refractivity contribution in [1.82, 2.24) is 19.8 Å². The molecule has 0 radical (unpaired) electrons. The molecule has 2 aromatic heterocycles. The number of ether oxygens (including phenoxy) is 1. The lowest BCUT2D eigenvalue weighted by atomic mass is 10.2. The smallest absolute Gasteiger partial charge is 0.254 e. The minimum Gasteiger partial charge on any atom is -0.477 e. The summed E-state index contributed by atoms with van der Waals surface area (Å²) in [6, 6.07) is 7.59. The van der Waals surface area contributed by atoms with Crippen molar-refractivity contribution in [3.05, 3.63) is 54.0 Å².